The lowest BCUT2D eigenvalue weighted by Gasteiger charge is -2.32. The number of nitrogens with zero attached hydrogens (tertiary/aromatic N) is 6. The zero-order valence-electron chi connectivity index (χ0n) is 18.3. The molecule has 0 amide bonds. The topological polar surface area (TPSA) is 59.3 Å². The first-order valence-corrected chi connectivity index (χ1v) is 12.0. The Hall–Kier alpha value is -2.55. The summed E-state index contributed by atoms with van der Waals surface area (Å²) in [5.74, 6) is 2.51. The van der Waals surface area contributed by atoms with Crippen LogP contribution >= 0.6 is 11.6 Å². The molecule has 0 bridgehead atoms. The van der Waals surface area contributed by atoms with Crippen LogP contribution < -0.4 is 4.90 Å². The molecule has 0 radical (unpaired) electrons. The molecule has 5 heterocycles. The van der Waals surface area contributed by atoms with Gasteiger partial charge in [0.05, 0.1) is 18.8 Å². The lowest BCUT2D eigenvalue weighted by atomic mass is 9.95. The first kappa shape index (κ1) is 21.0. The third kappa shape index (κ3) is 4.00. The average molecular weight is 469 g/mol. The summed E-state index contributed by atoms with van der Waals surface area (Å²) in [4.78, 5) is 8.64. The van der Waals surface area contributed by atoms with Gasteiger partial charge in [0.1, 0.15) is 11.6 Å². The van der Waals surface area contributed by atoms with Crippen LogP contribution in [0.3, 0.4) is 0 Å². The second-order valence-electron chi connectivity index (χ2n) is 9.09. The van der Waals surface area contributed by atoms with E-state index >= 15 is 0 Å². The second-order valence-corrected chi connectivity index (χ2v) is 9.52. The van der Waals surface area contributed by atoms with E-state index in [1.165, 1.54) is 11.6 Å². The van der Waals surface area contributed by atoms with Crippen molar-refractivity contribution < 1.29 is 9.13 Å². The number of aromatic nitrogens is 4. The molecular formula is C24H26ClFN6O. The van der Waals surface area contributed by atoms with Crippen LogP contribution in [0.2, 0.25) is 5.02 Å². The standard InChI is InChI=1S/C24H26ClFN6O/c25-18-4-5-20-17(12-18)13-31(19-8-11-33-15-19)14-23-28-29-24(32(20)23)16-6-9-30(10-7-16)22-3-1-2-21(26)27-22/h1-5,12,16,19H,6-11,13-15H2/t19-/m1/s1. The molecule has 0 spiro atoms. The fourth-order valence-corrected chi connectivity index (χ4v) is 5.52. The highest BCUT2D eigenvalue weighted by molar-refractivity contribution is 6.30. The normalized spacial score (nSPS) is 21.6. The molecule has 0 unspecified atom stereocenters. The first-order valence-electron chi connectivity index (χ1n) is 11.6. The molecule has 7 nitrogen and oxygen atoms in total. The van der Waals surface area contributed by atoms with Gasteiger partial charge in [0.15, 0.2) is 5.82 Å². The molecule has 2 fully saturated rings. The molecule has 1 aromatic carbocycles. The maximum Gasteiger partial charge on any atom is 0.214 e. The molecular weight excluding hydrogens is 443 g/mol. The summed E-state index contributed by atoms with van der Waals surface area (Å²) in [7, 11) is 0. The Morgan fingerprint density at radius 2 is 1.91 bits per heavy atom. The number of piperidine rings is 1. The van der Waals surface area contributed by atoms with Gasteiger partial charge in [-0.15, -0.1) is 10.2 Å². The minimum atomic E-state index is -0.440. The number of anilines is 1. The van der Waals surface area contributed by atoms with Crippen molar-refractivity contribution in [3.05, 3.63) is 64.6 Å². The molecule has 3 aliphatic rings. The summed E-state index contributed by atoms with van der Waals surface area (Å²) >= 11 is 6.39. The van der Waals surface area contributed by atoms with Gasteiger partial charge >= 0.3 is 0 Å². The van der Waals surface area contributed by atoms with Crippen molar-refractivity contribution in [2.24, 2.45) is 0 Å². The predicted molar refractivity (Wildman–Crippen MR) is 123 cm³/mol. The Balaban J connectivity index is 1.30. The lowest BCUT2D eigenvalue weighted by molar-refractivity contribution is 0.133. The van der Waals surface area contributed by atoms with E-state index in [4.69, 9.17) is 16.3 Å². The van der Waals surface area contributed by atoms with Crippen LogP contribution in [0.15, 0.2) is 36.4 Å². The summed E-state index contributed by atoms with van der Waals surface area (Å²) < 4.78 is 21.5. The van der Waals surface area contributed by atoms with Crippen molar-refractivity contribution >= 4 is 17.4 Å². The second kappa shape index (κ2) is 8.66. The largest absolute Gasteiger partial charge is 0.380 e. The Labute approximate surface area is 197 Å². The van der Waals surface area contributed by atoms with Crippen LogP contribution in [-0.4, -0.2) is 57.0 Å². The van der Waals surface area contributed by atoms with Crippen LogP contribution in [0.4, 0.5) is 10.2 Å². The maximum atomic E-state index is 13.6. The minimum Gasteiger partial charge on any atom is -0.380 e. The number of halogens is 2. The van der Waals surface area contributed by atoms with Crippen LogP contribution in [0.1, 0.15) is 42.4 Å². The summed E-state index contributed by atoms with van der Waals surface area (Å²) in [6.07, 6.45) is 2.86. The zero-order chi connectivity index (χ0) is 22.4. The number of hydrogen-bond acceptors (Lipinski definition) is 6. The van der Waals surface area contributed by atoms with Crippen LogP contribution in [0, 0.1) is 5.95 Å². The van der Waals surface area contributed by atoms with Crippen molar-refractivity contribution in [3.63, 3.8) is 0 Å². The number of rotatable bonds is 3. The van der Waals surface area contributed by atoms with E-state index < -0.39 is 5.95 Å². The van der Waals surface area contributed by atoms with Crippen molar-refractivity contribution in [2.75, 3.05) is 31.2 Å². The van der Waals surface area contributed by atoms with Gasteiger partial charge in [-0.2, -0.15) is 4.39 Å². The van der Waals surface area contributed by atoms with Crippen molar-refractivity contribution in [3.8, 4) is 5.69 Å². The van der Waals surface area contributed by atoms with Crippen molar-refractivity contribution in [1.29, 1.82) is 0 Å². The van der Waals surface area contributed by atoms with E-state index in [0.29, 0.717) is 11.9 Å². The Bertz CT molecular complexity index is 1160. The van der Waals surface area contributed by atoms with E-state index in [0.717, 1.165) is 81.0 Å². The highest BCUT2D eigenvalue weighted by Gasteiger charge is 2.33. The summed E-state index contributed by atoms with van der Waals surface area (Å²) in [5.41, 5.74) is 2.31. The fourth-order valence-electron chi connectivity index (χ4n) is 5.32. The lowest BCUT2D eigenvalue weighted by Crippen LogP contribution is -2.34. The van der Waals surface area contributed by atoms with Gasteiger partial charge < -0.3 is 9.64 Å². The van der Waals surface area contributed by atoms with Crippen LogP contribution in [-0.2, 0) is 17.8 Å². The molecule has 2 saturated heterocycles. The summed E-state index contributed by atoms with van der Waals surface area (Å²) in [5, 5.41) is 10.1. The first-order chi connectivity index (χ1) is 16.2. The fraction of sp³-hybridized carbons (Fsp3) is 0.458. The molecule has 1 atom stereocenters. The average Bonchev–Trinajstić information content (AvgIpc) is 3.47. The van der Waals surface area contributed by atoms with Crippen LogP contribution in [0.25, 0.3) is 5.69 Å². The number of ether oxygens (including phenoxy) is 1. The highest BCUT2D eigenvalue weighted by Crippen LogP contribution is 2.35. The van der Waals surface area contributed by atoms with E-state index in [-0.39, 0.29) is 5.92 Å². The van der Waals surface area contributed by atoms with E-state index in [1.807, 2.05) is 12.1 Å². The molecule has 172 valence electrons. The third-order valence-electron chi connectivity index (χ3n) is 7.06. The predicted octanol–water partition coefficient (Wildman–Crippen LogP) is 3.94. The van der Waals surface area contributed by atoms with E-state index in [1.54, 1.807) is 6.07 Å². The summed E-state index contributed by atoms with van der Waals surface area (Å²) in [6.45, 7) is 4.73. The number of fused-ring (bicyclic) bond motifs is 3. The Kier molecular flexibility index (Phi) is 5.52. The Morgan fingerprint density at radius 1 is 1.03 bits per heavy atom. The molecule has 0 aliphatic carbocycles. The molecule has 33 heavy (non-hydrogen) atoms. The molecule has 3 aliphatic heterocycles. The highest BCUT2D eigenvalue weighted by atomic mass is 35.5. The van der Waals surface area contributed by atoms with Crippen molar-refractivity contribution in [1.82, 2.24) is 24.6 Å². The van der Waals surface area contributed by atoms with Crippen molar-refractivity contribution in [2.45, 2.75) is 44.3 Å². The molecule has 6 rings (SSSR count). The van der Waals surface area contributed by atoms with E-state index in [2.05, 4.69) is 41.7 Å². The van der Waals surface area contributed by atoms with Gasteiger partial charge in [0.25, 0.3) is 0 Å². The molecule has 0 saturated carbocycles. The molecule has 3 aromatic rings. The van der Waals surface area contributed by atoms with E-state index in [9.17, 15) is 4.39 Å². The SMILES string of the molecule is Fc1cccc(N2CCC(c3nnc4n3-c3ccc(Cl)cc3CN([C@@H]3CCOC3)C4)CC2)n1. The smallest absolute Gasteiger partial charge is 0.214 e. The maximum absolute atomic E-state index is 13.6. The monoisotopic (exact) mass is 468 g/mol. The number of benzene rings is 1. The van der Waals surface area contributed by atoms with Gasteiger partial charge in [-0.3, -0.25) is 9.47 Å². The minimum absolute atomic E-state index is 0.279. The summed E-state index contributed by atoms with van der Waals surface area (Å²) in [6, 6.07) is 11.4. The number of hydrogen-bond donors (Lipinski definition) is 0. The van der Waals surface area contributed by atoms with Gasteiger partial charge in [0, 0.05) is 43.2 Å². The van der Waals surface area contributed by atoms with Gasteiger partial charge in [-0.05, 0) is 55.2 Å². The molecule has 0 N–H and O–H groups in total. The Morgan fingerprint density at radius 3 is 2.70 bits per heavy atom. The van der Waals surface area contributed by atoms with Gasteiger partial charge in [0.2, 0.25) is 5.95 Å². The van der Waals surface area contributed by atoms with Gasteiger partial charge in [-0.25, -0.2) is 4.98 Å². The number of pyridine rings is 1. The van der Waals surface area contributed by atoms with Crippen LogP contribution in [0.5, 0.6) is 0 Å². The van der Waals surface area contributed by atoms with Gasteiger partial charge in [-0.1, -0.05) is 17.7 Å². The molecule has 2 aromatic heterocycles. The third-order valence-corrected chi connectivity index (χ3v) is 7.30. The molecule has 9 heteroatoms. The zero-order valence-corrected chi connectivity index (χ0v) is 19.1. The quantitative estimate of drug-likeness (QED) is 0.543.